The van der Waals surface area contributed by atoms with Gasteiger partial charge in [0.15, 0.2) is 0 Å². The molecule has 0 aromatic carbocycles. The van der Waals surface area contributed by atoms with Crippen LogP contribution in [0, 0.1) is 0 Å². The summed E-state index contributed by atoms with van der Waals surface area (Å²) < 4.78 is 3.95. The van der Waals surface area contributed by atoms with Crippen molar-refractivity contribution in [3.63, 3.8) is 0 Å². The first-order valence-corrected chi connectivity index (χ1v) is 7.75. The number of nitrogens with one attached hydrogen (secondary N) is 1. The summed E-state index contributed by atoms with van der Waals surface area (Å²) in [7, 11) is 0. The molecule has 1 aliphatic heterocycles. The highest BCUT2D eigenvalue weighted by Gasteiger charge is 2.22. The summed E-state index contributed by atoms with van der Waals surface area (Å²) in [6, 6.07) is 6.13. The van der Waals surface area contributed by atoms with Crippen molar-refractivity contribution in [2.75, 3.05) is 13.1 Å². The minimum absolute atomic E-state index is 0.0736. The van der Waals surface area contributed by atoms with Crippen molar-refractivity contribution in [2.24, 2.45) is 0 Å². The summed E-state index contributed by atoms with van der Waals surface area (Å²) >= 11 is 0. The van der Waals surface area contributed by atoms with E-state index in [1.165, 1.54) is 0 Å². The molecule has 0 bridgehead atoms. The van der Waals surface area contributed by atoms with Crippen molar-refractivity contribution in [2.45, 2.75) is 38.8 Å². The molecular formula is C16H22N4O. The van der Waals surface area contributed by atoms with E-state index >= 15 is 0 Å². The van der Waals surface area contributed by atoms with Crippen LogP contribution in [0.5, 0.6) is 0 Å². The van der Waals surface area contributed by atoms with Gasteiger partial charge in [-0.15, -0.1) is 0 Å². The molecule has 2 aromatic heterocycles. The van der Waals surface area contributed by atoms with E-state index in [0.717, 1.165) is 44.6 Å². The first kappa shape index (κ1) is 14.1. The van der Waals surface area contributed by atoms with Gasteiger partial charge in [0.05, 0.1) is 5.69 Å². The third kappa shape index (κ3) is 2.78. The maximum Gasteiger partial charge on any atom is 0.227 e. The lowest BCUT2D eigenvalue weighted by Gasteiger charge is -2.25. The minimum atomic E-state index is 0.0736. The molecule has 21 heavy (non-hydrogen) atoms. The summed E-state index contributed by atoms with van der Waals surface area (Å²) in [6.07, 6.45) is 6.86. The Balaban J connectivity index is 1.88. The summed E-state index contributed by atoms with van der Waals surface area (Å²) in [5.41, 5.74) is 1.46. The van der Waals surface area contributed by atoms with E-state index < -0.39 is 0 Å². The number of hydrogen-bond donors (Lipinski definition) is 1. The predicted molar refractivity (Wildman–Crippen MR) is 81.5 cm³/mol. The SMILES string of the molecule is CCCn1nccc1C(=O)c1cccn1C1CCNCC1. The van der Waals surface area contributed by atoms with Gasteiger partial charge >= 0.3 is 0 Å². The van der Waals surface area contributed by atoms with Crippen LogP contribution in [0.4, 0.5) is 0 Å². The second-order valence-electron chi connectivity index (χ2n) is 5.55. The highest BCUT2D eigenvalue weighted by atomic mass is 16.1. The van der Waals surface area contributed by atoms with Crippen molar-refractivity contribution >= 4 is 5.78 Å². The number of rotatable bonds is 5. The molecule has 0 unspecified atom stereocenters. The standard InChI is InChI=1S/C16H22N4O/c1-2-11-20-15(7-10-18-20)16(21)14-4-3-12-19(14)13-5-8-17-9-6-13/h3-4,7,10,12-13,17H,2,5-6,8-9,11H2,1H3. The Morgan fingerprint density at radius 1 is 1.33 bits per heavy atom. The van der Waals surface area contributed by atoms with Gasteiger partial charge < -0.3 is 9.88 Å². The quantitative estimate of drug-likeness (QED) is 0.858. The molecule has 3 rings (SSSR count). The number of aryl methyl sites for hydroxylation is 1. The summed E-state index contributed by atoms with van der Waals surface area (Å²) in [5.74, 6) is 0.0736. The van der Waals surface area contributed by atoms with E-state index in [-0.39, 0.29) is 5.78 Å². The van der Waals surface area contributed by atoms with Crippen molar-refractivity contribution in [1.82, 2.24) is 19.7 Å². The van der Waals surface area contributed by atoms with Gasteiger partial charge in [-0.3, -0.25) is 9.48 Å². The fourth-order valence-electron chi connectivity index (χ4n) is 3.04. The molecule has 1 aliphatic rings. The molecule has 1 fully saturated rings. The van der Waals surface area contributed by atoms with Gasteiger partial charge in [-0.2, -0.15) is 5.10 Å². The van der Waals surface area contributed by atoms with E-state index in [1.54, 1.807) is 6.20 Å². The number of carbonyl (C=O) groups is 1. The molecule has 5 heteroatoms. The Morgan fingerprint density at radius 2 is 2.14 bits per heavy atom. The molecule has 0 spiro atoms. The van der Waals surface area contributed by atoms with E-state index in [1.807, 2.05) is 29.1 Å². The van der Waals surface area contributed by atoms with E-state index in [9.17, 15) is 4.79 Å². The molecule has 112 valence electrons. The number of nitrogens with zero attached hydrogens (tertiary/aromatic N) is 3. The van der Waals surface area contributed by atoms with Gasteiger partial charge in [-0.25, -0.2) is 0 Å². The number of hydrogen-bond acceptors (Lipinski definition) is 3. The Hall–Kier alpha value is -1.88. The van der Waals surface area contributed by atoms with Crippen LogP contribution in [0.3, 0.4) is 0 Å². The zero-order valence-corrected chi connectivity index (χ0v) is 12.5. The van der Waals surface area contributed by atoms with Gasteiger partial charge in [0.1, 0.15) is 5.69 Å². The zero-order valence-electron chi connectivity index (χ0n) is 12.5. The van der Waals surface area contributed by atoms with Gasteiger partial charge in [-0.05, 0) is 50.6 Å². The van der Waals surface area contributed by atoms with Gasteiger partial charge in [0.25, 0.3) is 0 Å². The van der Waals surface area contributed by atoms with Crippen molar-refractivity contribution in [1.29, 1.82) is 0 Å². The average molecular weight is 286 g/mol. The third-order valence-corrected chi connectivity index (χ3v) is 4.10. The summed E-state index contributed by atoms with van der Waals surface area (Å²) in [6.45, 7) is 4.91. The van der Waals surface area contributed by atoms with Gasteiger partial charge in [-0.1, -0.05) is 6.92 Å². The minimum Gasteiger partial charge on any atom is -0.342 e. The van der Waals surface area contributed by atoms with Crippen LogP contribution in [-0.4, -0.2) is 33.2 Å². The monoisotopic (exact) mass is 286 g/mol. The topological polar surface area (TPSA) is 51.9 Å². The van der Waals surface area contributed by atoms with Gasteiger partial charge in [0.2, 0.25) is 5.78 Å². The number of piperidine rings is 1. The molecule has 0 saturated carbocycles. The van der Waals surface area contributed by atoms with E-state index in [2.05, 4.69) is 21.9 Å². The van der Waals surface area contributed by atoms with Crippen LogP contribution in [-0.2, 0) is 6.54 Å². The first-order chi connectivity index (χ1) is 10.3. The molecule has 1 saturated heterocycles. The Kier molecular flexibility index (Phi) is 4.20. The normalized spacial score (nSPS) is 16.2. The molecule has 2 aromatic rings. The maximum absolute atomic E-state index is 12.8. The van der Waals surface area contributed by atoms with Crippen LogP contribution in [0.25, 0.3) is 0 Å². The second kappa shape index (κ2) is 6.26. The Labute approximate surface area is 125 Å². The zero-order chi connectivity index (χ0) is 14.7. The molecule has 0 atom stereocenters. The predicted octanol–water partition coefficient (Wildman–Crippen LogP) is 2.25. The highest BCUT2D eigenvalue weighted by molar-refractivity contribution is 6.06. The lowest BCUT2D eigenvalue weighted by molar-refractivity contribution is 0.101. The van der Waals surface area contributed by atoms with Crippen LogP contribution in [0.1, 0.15) is 48.4 Å². The highest BCUT2D eigenvalue weighted by Crippen LogP contribution is 2.23. The lowest BCUT2D eigenvalue weighted by Crippen LogP contribution is -2.30. The fourth-order valence-corrected chi connectivity index (χ4v) is 3.04. The Morgan fingerprint density at radius 3 is 2.90 bits per heavy atom. The van der Waals surface area contributed by atoms with Crippen molar-refractivity contribution < 1.29 is 4.79 Å². The molecule has 1 N–H and O–H groups in total. The van der Waals surface area contributed by atoms with Gasteiger partial charge in [0, 0.05) is 25.0 Å². The number of aromatic nitrogens is 3. The maximum atomic E-state index is 12.8. The van der Waals surface area contributed by atoms with E-state index in [4.69, 9.17) is 0 Å². The molecule has 0 radical (unpaired) electrons. The lowest BCUT2D eigenvalue weighted by atomic mass is 10.1. The smallest absolute Gasteiger partial charge is 0.227 e. The van der Waals surface area contributed by atoms with Crippen LogP contribution in [0.2, 0.25) is 0 Å². The largest absolute Gasteiger partial charge is 0.342 e. The number of ketones is 1. The fraction of sp³-hybridized carbons (Fsp3) is 0.500. The molecular weight excluding hydrogens is 264 g/mol. The van der Waals surface area contributed by atoms with Crippen LogP contribution in [0.15, 0.2) is 30.6 Å². The average Bonchev–Trinajstić information content (AvgIpc) is 3.17. The van der Waals surface area contributed by atoms with Crippen LogP contribution >= 0.6 is 0 Å². The van der Waals surface area contributed by atoms with Crippen molar-refractivity contribution in [3.8, 4) is 0 Å². The molecule has 3 heterocycles. The van der Waals surface area contributed by atoms with Crippen molar-refractivity contribution in [3.05, 3.63) is 42.0 Å². The molecule has 0 amide bonds. The third-order valence-electron chi connectivity index (χ3n) is 4.10. The number of carbonyl (C=O) groups excluding carboxylic acids is 1. The summed E-state index contributed by atoms with van der Waals surface area (Å²) in [4.78, 5) is 12.8. The second-order valence-corrected chi connectivity index (χ2v) is 5.55. The first-order valence-electron chi connectivity index (χ1n) is 7.75. The van der Waals surface area contributed by atoms with Crippen LogP contribution < -0.4 is 5.32 Å². The summed E-state index contributed by atoms with van der Waals surface area (Å²) in [5, 5.41) is 7.62. The Bertz CT molecular complexity index is 607. The van der Waals surface area contributed by atoms with E-state index in [0.29, 0.717) is 11.7 Å². The molecule has 0 aliphatic carbocycles. The molecule has 5 nitrogen and oxygen atoms in total.